The largest absolute Gasteiger partial charge is 0.366 e. The third kappa shape index (κ3) is 4.17. The van der Waals surface area contributed by atoms with Gasteiger partial charge < -0.3 is 10.6 Å². The Bertz CT molecular complexity index is 1010. The van der Waals surface area contributed by atoms with E-state index in [4.69, 9.17) is 11.0 Å². The minimum atomic E-state index is -0.784. The number of anilines is 1. The molecule has 1 aliphatic heterocycles. The maximum Gasteiger partial charge on any atom is 0.248 e. The van der Waals surface area contributed by atoms with E-state index in [9.17, 15) is 13.6 Å². The number of carbonyl (C=O) groups excluding carboxylic acids is 1. The molecule has 1 saturated heterocycles. The third-order valence-electron chi connectivity index (χ3n) is 4.04. The first kappa shape index (κ1) is 18.3. The SMILES string of the molecule is N#Cc1cnn2ccc(N3CCC(F)C3)nc12.NC(=O)c1cccc(F)c1. The topological polar surface area (TPSA) is 100 Å². The number of halogens is 2. The van der Waals surface area contributed by atoms with Gasteiger partial charge in [0.2, 0.25) is 5.91 Å². The molecule has 3 aromatic rings. The Morgan fingerprint density at radius 3 is 2.78 bits per heavy atom. The zero-order valence-electron chi connectivity index (χ0n) is 14.2. The lowest BCUT2D eigenvalue weighted by atomic mass is 10.2. The van der Waals surface area contributed by atoms with E-state index < -0.39 is 17.9 Å². The van der Waals surface area contributed by atoms with E-state index in [1.807, 2.05) is 11.0 Å². The normalized spacial score (nSPS) is 15.9. The van der Waals surface area contributed by atoms with E-state index in [-0.39, 0.29) is 5.56 Å². The minimum Gasteiger partial charge on any atom is -0.366 e. The number of alkyl halides is 1. The van der Waals surface area contributed by atoms with Crippen molar-refractivity contribution < 1.29 is 13.6 Å². The Morgan fingerprint density at radius 1 is 1.37 bits per heavy atom. The van der Waals surface area contributed by atoms with Crippen LogP contribution in [0.4, 0.5) is 14.6 Å². The van der Waals surface area contributed by atoms with Gasteiger partial charge in [-0.2, -0.15) is 10.4 Å². The number of fused-ring (bicyclic) bond motifs is 1. The Morgan fingerprint density at radius 2 is 2.19 bits per heavy atom. The fourth-order valence-electron chi connectivity index (χ4n) is 2.68. The maximum atomic E-state index is 13.1. The van der Waals surface area contributed by atoms with Crippen molar-refractivity contribution in [2.45, 2.75) is 12.6 Å². The molecule has 0 spiro atoms. The van der Waals surface area contributed by atoms with Crippen molar-refractivity contribution in [1.82, 2.24) is 14.6 Å². The number of carbonyl (C=O) groups is 1. The molecule has 3 heterocycles. The highest BCUT2D eigenvalue weighted by atomic mass is 19.1. The van der Waals surface area contributed by atoms with E-state index in [1.165, 1.54) is 24.4 Å². The molecule has 7 nitrogen and oxygen atoms in total. The van der Waals surface area contributed by atoms with Gasteiger partial charge in [-0.15, -0.1) is 0 Å². The number of nitriles is 1. The number of rotatable bonds is 2. The molecule has 9 heteroatoms. The van der Waals surface area contributed by atoms with E-state index in [0.717, 1.165) is 6.07 Å². The van der Waals surface area contributed by atoms with Gasteiger partial charge in [-0.1, -0.05) is 6.07 Å². The number of nitrogens with zero attached hydrogens (tertiary/aromatic N) is 5. The number of nitrogens with two attached hydrogens (primary N) is 1. The number of benzene rings is 1. The predicted molar refractivity (Wildman–Crippen MR) is 94.3 cm³/mol. The summed E-state index contributed by atoms with van der Waals surface area (Å²) in [6.45, 7) is 1.04. The second kappa shape index (κ2) is 7.78. The minimum absolute atomic E-state index is 0.194. The van der Waals surface area contributed by atoms with Crippen molar-refractivity contribution in [2.24, 2.45) is 5.73 Å². The fourth-order valence-corrected chi connectivity index (χ4v) is 2.68. The number of hydrogen-bond donors (Lipinski definition) is 1. The van der Waals surface area contributed by atoms with Crippen LogP contribution in [0.15, 0.2) is 42.7 Å². The van der Waals surface area contributed by atoms with Gasteiger partial charge in [0.1, 0.15) is 29.4 Å². The fraction of sp³-hybridized carbons (Fsp3) is 0.222. The van der Waals surface area contributed by atoms with Crippen LogP contribution in [0.3, 0.4) is 0 Å². The summed E-state index contributed by atoms with van der Waals surface area (Å²) in [6, 6.07) is 9.09. The highest BCUT2D eigenvalue weighted by Gasteiger charge is 2.23. The standard InChI is InChI=1S/C11H10FN5.C7H6FNO/c12-9-1-3-16(7-9)10-2-4-17-11(15-10)8(5-13)6-14-17;8-6-3-1-2-5(4-6)7(9)10/h2,4,6,9H,1,3,7H2;1-4H,(H2,9,10). The number of aromatic nitrogens is 3. The number of amides is 1. The summed E-state index contributed by atoms with van der Waals surface area (Å²) in [5.41, 5.74) is 6.03. The van der Waals surface area contributed by atoms with Crippen LogP contribution in [0, 0.1) is 17.1 Å². The predicted octanol–water partition coefficient (Wildman–Crippen LogP) is 2.07. The van der Waals surface area contributed by atoms with Crippen LogP contribution in [0.1, 0.15) is 22.3 Å². The molecule has 2 N–H and O–H groups in total. The molecular formula is C18H16F2N6O. The Labute approximate surface area is 153 Å². The van der Waals surface area contributed by atoms with E-state index >= 15 is 0 Å². The molecule has 0 radical (unpaired) electrons. The van der Waals surface area contributed by atoms with Crippen LogP contribution >= 0.6 is 0 Å². The molecule has 0 saturated carbocycles. The zero-order valence-corrected chi connectivity index (χ0v) is 14.2. The Kier molecular flexibility index (Phi) is 5.26. The van der Waals surface area contributed by atoms with Crippen LogP contribution in [0.25, 0.3) is 5.65 Å². The second-order valence-electron chi connectivity index (χ2n) is 5.93. The lowest BCUT2D eigenvalue weighted by Crippen LogP contribution is -2.21. The van der Waals surface area contributed by atoms with Crippen molar-refractivity contribution in [3.8, 4) is 6.07 Å². The first-order valence-electron chi connectivity index (χ1n) is 8.17. The zero-order chi connectivity index (χ0) is 19.4. The molecule has 27 heavy (non-hydrogen) atoms. The Balaban J connectivity index is 0.000000180. The lowest BCUT2D eigenvalue weighted by Gasteiger charge is -2.15. The molecule has 2 aromatic heterocycles. The Hall–Kier alpha value is -3.54. The summed E-state index contributed by atoms with van der Waals surface area (Å²) in [5, 5.41) is 12.9. The van der Waals surface area contributed by atoms with Crippen LogP contribution in [0.2, 0.25) is 0 Å². The average Bonchev–Trinajstić information content (AvgIpc) is 3.27. The monoisotopic (exact) mass is 370 g/mol. The molecule has 1 aromatic carbocycles. The van der Waals surface area contributed by atoms with E-state index in [0.29, 0.717) is 36.5 Å². The molecule has 1 fully saturated rings. The first-order valence-corrected chi connectivity index (χ1v) is 8.17. The van der Waals surface area contributed by atoms with Crippen molar-refractivity contribution in [3.05, 3.63) is 59.7 Å². The molecule has 0 bridgehead atoms. The highest BCUT2D eigenvalue weighted by molar-refractivity contribution is 5.92. The van der Waals surface area contributed by atoms with Gasteiger partial charge in [0.25, 0.3) is 0 Å². The van der Waals surface area contributed by atoms with Crippen molar-refractivity contribution >= 4 is 17.4 Å². The summed E-state index contributed by atoms with van der Waals surface area (Å²) < 4.78 is 27.0. The molecule has 1 aliphatic rings. The molecule has 4 rings (SSSR count). The van der Waals surface area contributed by atoms with E-state index in [2.05, 4.69) is 10.1 Å². The van der Waals surface area contributed by atoms with Crippen LogP contribution in [-0.4, -0.2) is 39.8 Å². The summed E-state index contributed by atoms with van der Waals surface area (Å²) in [4.78, 5) is 16.7. The van der Waals surface area contributed by atoms with Gasteiger partial charge in [0.15, 0.2) is 5.65 Å². The number of hydrogen-bond acceptors (Lipinski definition) is 5. The van der Waals surface area contributed by atoms with Gasteiger partial charge in [-0.05, 0) is 30.7 Å². The van der Waals surface area contributed by atoms with Gasteiger partial charge in [-0.3, -0.25) is 4.79 Å². The highest BCUT2D eigenvalue weighted by Crippen LogP contribution is 2.21. The molecule has 1 unspecified atom stereocenters. The molecule has 1 atom stereocenters. The van der Waals surface area contributed by atoms with Crippen LogP contribution in [0.5, 0.6) is 0 Å². The maximum absolute atomic E-state index is 13.1. The van der Waals surface area contributed by atoms with E-state index in [1.54, 1.807) is 16.8 Å². The molecule has 1 amide bonds. The van der Waals surface area contributed by atoms with Gasteiger partial charge in [0, 0.05) is 18.3 Å². The van der Waals surface area contributed by atoms with Crippen LogP contribution < -0.4 is 10.6 Å². The first-order chi connectivity index (χ1) is 13.0. The van der Waals surface area contributed by atoms with Crippen LogP contribution in [-0.2, 0) is 0 Å². The molecule has 138 valence electrons. The lowest BCUT2D eigenvalue weighted by molar-refractivity contribution is 0.1000. The van der Waals surface area contributed by atoms with Gasteiger partial charge in [0.05, 0.1) is 12.7 Å². The third-order valence-corrected chi connectivity index (χ3v) is 4.04. The summed E-state index contributed by atoms with van der Waals surface area (Å²) >= 11 is 0. The summed E-state index contributed by atoms with van der Waals surface area (Å²) in [6.07, 6.45) is 2.98. The second-order valence-corrected chi connectivity index (χ2v) is 5.93. The molecular weight excluding hydrogens is 354 g/mol. The average molecular weight is 370 g/mol. The van der Waals surface area contributed by atoms with Crippen molar-refractivity contribution in [3.63, 3.8) is 0 Å². The van der Waals surface area contributed by atoms with Crippen molar-refractivity contribution in [1.29, 1.82) is 5.26 Å². The summed E-state index contributed by atoms with van der Waals surface area (Å²) in [7, 11) is 0. The number of primary amides is 1. The smallest absolute Gasteiger partial charge is 0.248 e. The van der Waals surface area contributed by atoms with Gasteiger partial charge in [-0.25, -0.2) is 18.3 Å². The summed E-state index contributed by atoms with van der Waals surface area (Å²) in [5.74, 6) is -0.356. The molecule has 0 aliphatic carbocycles. The van der Waals surface area contributed by atoms with Crippen molar-refractivity contribution in [2.75, 3.05) is 18.0 Å². The van der Waals surface area contributed by atoms with Gasteiger partial charge >= 0.3 is 0 Å². The quantitative estimate of drug-likeness (QED) is 0.744.